The third-order valence-corrected chi connectivity index (χ3v) is 2.52. The van der Waals surface area contributed by atoms with Crippen LogP contribution >= 0.6 is 0 Å². The molecule has 1 aromatic heterocycles. The third-order valence-electron chi connectivity index (χ3n) is 2.52. The minimum atomic E-state index is 0.0720. The van der Waals surface area contributed by atoms with Gasteiger partial charge in [0.2, 0.25) is 0 Å². The SMILES string of the molecule is CNc1cc(NCCCOCCO)nc(C(C)C)n1. The standard InChI is InChI=1S/C13H24N4O2/c1-10(2)13-16-11(14-3)9-12(17-13)15-5-4-7-19-8-6-18/h9-10,18H,4-8H2,1-3H3,(H2,14,15,16,17). The molecule has 1 heterocycles. The summed E-state index contributed by atoms with van der Waals surface area (Å²) < 4.78 is 5.19. The maximum Gasteiger partial charge on any atom is 0.135 e. The number of aromatic nitrogens is 2. The summed E-state index contributed by atoms with van der Waals surface area (Å²) in [6.07, 6.45) is 0.871. The van der Waals surface area contributed by atoms with Gasteiger partial charge in [-0.25, -0.2) is 9.97 Å². The third kappa shape index (κ3) is 5.85. The first-order valence-corrected chi connectivity index (χ1v) is 6.66. The first-order valence-electron chi connectivity index (χ1n) is 6.66. The molecule has 0 saturated carbocycles. The van der Waals surface area contributed by atoms with Gasteiger partial charge < -0.3 is 20.5 Å². The Morgan fingerprint density at radius 2 is 2.00 bits per heavy atom. The van der Waals surface area contributed by atoms with Crippen molar-refractivity contribution in [2.24, 2.45) is 0 Å². The quantitative estimate of drug-likeness (QED) is 0.588. The van der Waals surface area contributed by atoms with Crippen LogP contribution in [0.25, 0.3) is 0 Å². The number of anilines is 2. The van der Waals surface area contributed by atoms with Crippen molar-refractivity contribution in [2.45, 2.75) is 26.2 Å². The smallest absolute Gasteiger partial charge is 0.135 e. The molecule has 0 radical (unpaired) electrons. The zero-order valence-corrected chi connectivity index (χ0v) is 11.9. The van der Waals surface area contributed by atoms with E-state index in [1.54, 1.807) is 0 Å². The van der Waals surface area contributed by atoms with Crippen LogP contribution in [0.15, 0.2) is 6.07 Å². The summed E-state index contributed by atoms with van der Waals surface area (Å²) in [5.41, 5.74) is 0. The van der Waals surface area contributed by atoms with Gasteiger partial charge in [-0.2, -0.15) is 0 Å². The van der Waals surface area contributed by atoms with Gasteiger partial charge in [-0.1, -0.05) is 13.8 Å². The van der Waals surface area contributed by atoms with E-state index in [-0.39, 0.29) is 6.61 Å². The van der Waals surface area contributed by atoms with Crippen molar-refractivity contribution < 1.29 is 9.84 Å². The van der Waals surface area contributed by atoms with E-state index in [2.05, 4.69) is 34.4 Å². The van der Waals surface area contributed by atoms with E-state index in [0.717, 1.165) is 30.4 Å². The zero-order chi connectivity index (χ0) is 14.1. The lowest BCUT2D eigenvalue weighted by Crippen LogP contribution is -2.11. The molecule has 1 rings (SSSR count). The number of hydrogen-bond donors (Lipinski definition) is 3. The molecule has 0 amide bonds. The second kappa shape index (κ2) is 8.66. The fourth-order valence-corrected chi connectivity index (χ4v) is 1.50. The van der Waals surface area contributed by atoms with Gasteiger partial charge in [-0.15, -0.1) is 0 Å². The molecule has 6 nitrogen and oxygen atoms in total. The summed E-state index contributed by atoms with van der Waals surface area (Å²) in [6, 6.07) is 1.89. The molecule has 6 heteroatoms. The second-order valence-electron chi connectivity index (χ2n) is 4.52. The topological polar surface area (TPSA) is 79.3 Å². The predicted octanol–water partition coefficient (Wildman–Crippen LogP) is 1.45. The number of rotatable bonds is 9. The Balaban J connectivity index is 2.46. The number of aliphatic hydroxyl groups excluding tert-OH is 1. The minimum Gasteiger partial charge on any atom is -0.394 e. The molecule has 0 fully saturated rings. The molecule has 0 unspecified atom stereocenters. The van der Waals surface area contributed by atoms with Crippen LogP contribution in [0.4, 0.5) is 11.6 Å². The normalized spacial score (nSPS) is 10.8. The lowest BCUT2D eigenvalue weighted by atomic mass is 10.2. The lowest BCUT2D eigenvalue weighted by Gasteiger charge is -2.11. The molecule has 0 atom stereocenters. The molecular formula is C13H24N4O2. The van der Waals surface area contributed by atoms with Crippen molar-refractivity contribution >= 4 is 11.6 Å². The van der Waals surface area contributed by atoms with Crippen LogP contribution < -0.4 is 10.6 Å². The maximum absolute atomic E-state index is 8.58. The molecule has 1 aromatic rings. The number of nitrogens with one attached hydrogen (secondary N) is 2. The van der Waals surface area contributed by atoms with Crippen LogP contribution in [0, 0.1) is 0 Å². The molecule has 0 aromatic carbocycles. The number of nitrogens with zero attached hydrogens (tertiary/aromatic N) is 2. The average Bonchev–Trinajstić information content (AvgIpc) is 2.42. The molecular weight excluding hydrogens is 244 g/mol. The van der Waals surface area contributed by atoms with E-state index < -0.39 is 0 Å². The Morgan fingerprint density at radius 1 is 1.26 bits per heavy atom. The Morgan fingerprint density at radius 3 is 2.63 bits per heavy atom. The number of hydrogen-bond acceptors (Lipinski definition) is 6. The van der Waals surface area contributed by atoms with Crippen LogP contribution in [0.3, 0.4) is 0 Å². The largest absolute Gasteiger partial charge is 0.394 e. The van der Waals surface area contributed by atoms with Crippen molar-refractivity contribution in [3.8, 4) is 0 Å². The first kappa shape index (κ1) is 15.7. The lowest BCUT2D eigenvalue weighted by molar-refractivity contribution is 0.0922. The molecule has 0 aliphatic rings. The number of ether oxygens (including phenoxy) is 1. The van der Waals surface area contributed by atoms with Crippen LogP contribution in [0.5, 0.6) is 0 Å². The van der Waals surface area contributed by atoms with E-state index in [1.807, 2.05) is 13.1 Å². The minimum absolute atomic E-state index is 0.0720. The van der Waals surface area contributed by atoms with Gasteiger partial charge in [0.15, 0.2) is 0 Å². The summed E-state index contributed by atoms with van der Waals surface area (Å²) in [5, 5.41) is 14.9. The van der Waals surface area contributed by atoms with Gasteiger partial charge in [-0.05, 0) is 6.42 Å². The van der Waals surface area contributed by atoms with Crippen molar-refractivity contribution in [2.75, 3.05) is 44.0 Å². The fourth-order valence-electron chi connectivity index (χ4n) is 1.50. The highest BCUT2D eigenvalue weighted by Crippen LogP contribution is 2.16. The summed E-state index contributed by atoms with van der Waals surface area (Å²) >= 11 is 0. The Kier molecular flexibility index (Phi) is 7.14. The highest BCUT2D eigenvalue weighted by atomic mass is 16.5. The van der Waals surface area contributed by atoms with Crippen molar-refractivity contribution in [1.82, 2.24) is 9.97 Å². The van der Waals surface area contributed by atoms with Gasteiger partial charge in [0, 0.05) is 32.2 Å². The highest BCUT2D eigenvalue weighted by molar-refractivity contribution is 5.47. The Hall–Kier alpha value is -1.40. The van der Waals surface area contributed by atoms with E-state index in [0.29, 0.717) is 19.1 Å². The van der Waals surface area contributed by atoms with Gasteiger partial charge in [-0.3, -0.25) is 0 Å². The molecule has 0 spiro atoms. The Bertz CT molecular complexity index is 372. The molecule has 108 valence electrons. The number of aliphatic hydroxyl groups is 1. The molecule has 0 saturated heterocycles. The van der Waals surface area contributed by atoms with Gasteiger partial charge in [0.1, 0.15) is 17.5 Å². The molecule has 0 bridgehead atoms. The van der Waals surface area contributed by atoms with Gasteiger partial charge >= 0.3 is 0 Å². The molecule has 3 N–H and O–H groups in total. The predicted molar refractivity (Wildman–Crippen MR) is 76.7 cm³/mol. The van der Waals surface area contributed by atoms with E-state index in [4.69, 9.17) is 9.84 Å². The van der Waals surface area contributed by atoms with Crippen LogP contribution in [0.2, 0.25) is 0 Å². The van der Waals surface area contributed by atoms with Crippen LogP contribution in [-0.2, 0) is 4.74 Å². The van der Waals surface area contributed by atoms with E-state index >= 15 is 0 Å². The van der Waals surface area contributed by atoms with Crippen LogP contribution in [-0.4, -0.2) is 48.5 Å². The molecule has 0 aliphatic heterocycles. The van der Waals surface area contributed by atoms with Crippen molar-refractivity contribution in [3.05, 3.63) is 11.9 Å². The van der Waals surface area contributed by atoms with Gasteiger partial charge in [0.25, 0.3) is 0 Å². The highest BCUT2D eigenvalue weighted by Gasteiger charge is 2.06. The monoisotopic (exact) mass is 268 g/mol. The summed E-state index contributed by atoms with van der Waals surface area (Å²) in [7, 11) is 1.85. The Labute approximate surface area is 114 Å². The first-order chi connectivity index (χ1) is 9.17. The fraction of sp³-hybridized carbons (Fsp3) is 0.692. The summed E-state index contributed by atoms with van der Waals surface area (Å²) in [5.74, 6) is 2.76. The van der Waals surface area contributed by atoms with Crippen molar-refractivity contribution in [1.29, 1.82) is 0 Å². The summed E-state index contributed by atoms with van der Waals surface area (Å²) in [6.45, 7) is 6.03. The molecule has 19 heavy (non-hydrogen) atoms. The van der Waals surface area contributed by atoms with E-state index in [1.165, 1.54) is 0 Å². The molecule has 0 aliphatic carbocycles. The van der Waals surface area contributed by atoms with E-state index in [9.17, 15) is 0 Å². The van der Waals surface area contributed by atoms with Gasteiger partial charge in [0.05, 0.1) is 13.2 Å². The zero-order valence-electron chi connectivity index (χ0n) is 11.9. The second-order valence-corrected chi connectivity index (χ2v) is 4.52. The maximum atomic E-state index is 8.58. The summed E-state index contributed by atoms with van der Waals surface area (Å²) in [4.78, 5) is 8.88. The van der Waals surface area contributed by atoms with Crippen molar-refractivity contribution in [3.63, 3.8) is 0 Å². The average molecular weight is 268 g/mol. The van der Waals surface area contributed by atoms with Crippen LogP contribution in [0.1, 0.15) is 32.0 Å².